The number of hydrogen-bond acceptors (Lipinski definition) is 4. The minimum Gasteiger partial charge on any atom is -0.492 e. The molecule has 0 aliphatic rings. The number of amides is 1. The highest BCUT2D eigenvalue weighted by Crippen LogP contribution is 2.27. The second-order valence-corrected chi connectivity index (χ2v) is 9.91. The summed E-state index contributed by atoms with van der Waals surface area (Å²) in [5.41, 5.74) is 2.95. The third kappa shape index (κ3) is 5.93. The molecule has 0 heterocycles. The minimum atomic E-state index is -3.97. The Balaban J connectivity index is 1.95. The van der Waals surface area contributed by atoms with Gasteiger partial charge in [0.2, 0.25) is 5.91 Å². The van der Waals surface area contributed by atoms with Gasteiger partial charge in [0, 0.05) is 0 Å². The first-order valence-electron chi connectivity index (χ1n) is 10.9. The van der Waals surface area contributed by atoms with Crippen molar-refractivity contribution in [3.8, 4) is 5.75 Å². The molecule has 1 amide bonds. The molecular weight excluding hydrogens is 436 g/mol. The van der Waals surface area contributed by atoms with Crippen LogP contribution in [-0.4, -0.2) is 27.5 Å². The summed E-state index contributed by atoms with van der Waals surface area (Å²) in [6, 6.07) is 20.9. The third-order valence-electron chi connectivity index (χ3n) is 5.20. The van der Waals surface area contributed by atoms with Gasteiger partial charge in [-0.1, -0.05) is 55.8 Å². The van der Waals surface area contributed by atoms with Crippen LogP contribution in [0.25, 0.3) is 0 Å². The number of benzene rings is 3. The lowest BCUT2D eigenvalue weighted by molar-refractivity contribution is -0.114. The van der Waals surface area contributed by atoms with Crippen molar-refractivity contribution in [2.45, 2.75) is 38.5 Å². The van der Waals surface area contributed by atoms with Crippen molar-refractivity contribution in [1.29, 1.82) is 0 Å². The number of rotatable bonds is 9. The molecule has 3 rings (SSSR count). The van der Waals surface area contributed by atoms with Crippen LogP contribution in [0.15, 0.2) is 77.7 Å². The second-order valence-electron chi connectivity index (χ2n) is 8.05. The van der Waals surface area contributed by atoms with Crippen molar-refractivity contribution in [2.75, 3.05) is 22.8 Å². The minimum absolute atomic E-state index is 0.128. The predicted molar refractivity (Wildman–Crippen MR) is 132 cm³/mol. The van der Waals surface area contributed by atoms with E-state index in [0.29, 0.717) is 29.6 Å². The molecule has 0 aliphatic heterocycles. The molecule has 0 aromatic heterocycles. The molecule has 0 saturated carbocycles. The maximum absolute atomic E-state index is 13.5. The quantitative estimate of drug-likeness (QED) is 0.461. The number of carbonyl (C=O) groups excluding carboxylic acids is 1. The fourth-order valence-corrected chi connectivity index (χ4v) is 4.77. The molecule has 3 aromatic carbocycles. The molecular formula is C26H30N2O4S. The molecule has 174 valence electrons. The summed E-state index contributed by atoms with van der Waals surface area (Å²) in [5, 5.41) is 2.79. The summed E-state index contributed by atoms with van der Waals surface area (Å²) >= 11 is 0. The van der Waals surface area contributed by atoms with Crippen molar-refractivity contribution in [3.63, 3.8) is 0 Å². The maximum atomic E-state index is 13.5. The van der Waals surface area contributed by atoms with Crippen LogP contribution < -0.4 is 14.4 Å². The number of ether oxygens (including phenoxy) is 1. The summed E-state index contributed by atoms with van der Waals surface area (Å²) in [5.74, 6) is 0.368. The Morgan fingerprint density at radius 3 is 2.21 bits per heavy atom. The Labute approximate surface area is 196 Å². The highest BCUT2D eigenvalue weighted by atomic mass is 32.2. The molecule has 0 unspecified atom stereocenters. The van der Waals surface area contributed by atoms with Gasteiger partial charge in [-0.3, -0.25) is 9.10 Å². The van der Waals surface area contributed by atoms with Crippen LogP contribution in [0.5, 0.6) is 5.75 Å². The van der Waals surface area contributed by atoms with Gasteiger partial charge in [0.25, 0.3) is 10.0 Å². The molecule has 0 bridgehead atoms. The summed E-state index contributed by atoms with van der Waals surface area (Å²) in [7, 11) is -3.97. The molecule has 0 aliphatic carbocycles. The van der Waals surface area contributed by atoms with E-state index in [1.807, 2.05) is 32.0 Å². The van der Waals surface area contributed by atoms with Gasteiger partial charge in [0.05, 0.1) is 22.9 Å². The van der Waals surface area contributed by atoms with Gasteiger partial charge in [-0.05, 0) is 61.7 Å². The number of hydrogen-bond donors (Lipinski definition) is 1. The van der Waals surface area contributed by atoms with E-state index in [9.17, 15) is 13.2 Å². The van der Waals surface area contributed by atoms with E-state index in [-0.39, 0.29) is 11.4 Å². The van der Waals surface area contributed by atoms with E-state index in [0.717, 1.165) is 15.4 Å². The number of nitrogens with zero attached hydrogens (tertiary/aromatic N) is 1. The molecule has 1 N–H and O–H groups in total. The Kier molecular flexibility index (Phi) is 7.76. The normalized spacial score (nSPS) is 11.3. The van der Waals surface area contributed by atoms with Crippen molar-refractivity contribution < 1.29 is 17.9 Å². The van der Waals surface area contributed by atoms with E-state index in [2.05, 4.69) is 19.2 Å². The fourth-order valence-electron chi connectivity index (χ4n) is 3.35. The van der Waals surface area contributed by atoms with Gasteiger partial charge in [-0.25, -0.2) is 8.42 Å². The molecule has 33 heavy (non-hydrogen) atoms. The van der Waals surface area contributed by atoms with Gasteiger partial charge in [0.15, 0.2) is 0 Å². The zero-order valence-corrected chi connectivity index (χ0v) is 20.2. The highest BCUT2D eigenvalue weighted by molar-refractivity contribution is 7.92. The van der Waals surface area contributed by atoms with E-state index in [4.69, 9.17) is 4.74 Å². The fraction of sp³-hybridized carbons (Fsp3) is 0.269. The van der Waals surface area contributed by atoms with E-state index < -0.39 is 15.9 Å². The predicted octanol–water partition coefficient (Wildman–Crippen LogP) is 5.35. The van der Waals surface area contributed by atoms with E-state index >= 15 is 0 Å². The molecule has 0 atom stereocenters. The topological polar surface area (TPSA) is 75.7 Å². The van der Waals surface area contributed by atoms with E-state index in [1.165, 1.54) is 0 Å². The van der Waals surface area contributed by atoms with Crippen LogP contribution in [-0.2, 0) is 14.8 Å². The van der Waals surface area contributed by atoms with Crippen LogP contribution in [0, 0.1) is 6.92 Å². The Morgan fingerprint density at radius 1 is 0.970 bits per heavy atom. The molecule has 7 heteroatoms. The maximum Gasteiger partial charge on any atom is 0.264 e. The average molecular weight is 467 g/mol. The number of para-hydroxylation sites is 2. The standard InChI is InChI=1S/C26H30N2O4S/c1-5-32-25-9-7-6-8-24(25)27-26(29)18-28(22-14-12-21(13-15-22)19(2)3)33(30,31)23-16-10-20(4)11-17-23/h6-17,19H,5,18H2,1-4H3,(H,27,29). The van der Waals surface area contributed by atoms with Gasteiger partial charge in [-0.2, -0.15) is 0 Å². The monoisotopic (exact) mass is 466 g/mol. The average Bonchev–Trinajstić information content (AvgIpc) is 2.79. The lowest BCUT2D eigenvalue weighted by Crippen LogP contribution is -2.38. The first-order chi connectivity index (χ1) is 15.7. The zero-order chi connectivity index (χ0) is 24.0. The molecule has 6 nitrogen and oxygen atoms in total. The zero-order valence-electron chi connectivity index (χ0n) is 19.4. The Hall–Kier alpha value is -3.32. The van der Waals surface area contributed by atoms with Crippen molar-refractivity contribution >= 4 is 27.3 Å². The summed E-state index contributed by atoms with van der Waals surface area (Å²) in [6.07, 6.45) is 0. The number of anilines is 2. The van der Waals surface area contributed by atoms with E-state index in [1.54, 1.807) is 54.6 Å². The first-order valence-corrected chi connectivity index (χ1v) is 12.4. The van der Waals surface area contributed by atoms with Gasteiger partial charge >= 0.3 is 0 Å². The number of nitrogens with one attached hydrogen (secondary N) is 1. The molecule has 0 spiro atoms. The lowest BCUT2D eigenvalue weighted by atomic mass is 10.0. The van der Waals surface area contributed by atoms with Gasteiger partial charge < -0.3 is 10.1 Å². The van der Waals surface area contributed by atoms with Gasteiger partial charge in [0.1, 0.15) is 12.3 Å². The smallest absolute Gasteiger partial charge is 0.264 e. The van der Waals surface area contributed by atoms with Crippen LogP contribution >= 0.6 is 0 Å². The number of sulfonamides is 1. The number of aryl methyl sites for hydroxylation is 1. The summed E-state index contributed by atoms with van der Waals surface area (Å²) in [6.45, 7) is 7.95. The Morgan fingerprint density at radius 2 is 1.61 bits per heavy atom. The first kappa shape index (κ1) is 24.3. The van der Waals surface area contributed by atoms with Gasteiger partial charge in [-0.15, -0.1) is 0 Å². The Bertz CT molecular complexity index is 1190. The summed E-state index contributed by atoms with van der Waals surface area (Å²) in [4.78, 5) is 13.1. The van der Waals surface area contributed by atoms with Crippen molar-refractivity contribution in [2.24, 2.45) is 0 Å². The second kappa shape index (κ2) is 10.5. The van der Waals surface area contributed by atoms with Crippen LogP contribution in [0.2, 0.25) is 0 Å². The highest BCUT2D eigenvalue weighted by Gasteiger charge is 2.27. The molecule has 3 aromatic rings. The number of carbonyl (C=O) groups is 1. The molecule has 0 radical (unpaired) electrons. The molecule has 0 saturated heterocycles. The van der Waals surface area contributed by atoms with Crippen molar-refractivity contribution in [3.05, 3.63) is 83.9 Å². The third-order valence-corrected chi connectivity index (χ3v) is 6.99. The van der Waals surface area contributed by atoms with Crippen LogP contribution in [0.4, 0.5) is 11.4 Å². The lowest BCUT2D eigenvalue weighted by Gasteiger charge is -2.25. The van der Waals surface area contributed by atoms with Crippen molar-refractivity contribution in [1.82, 2.24) is 0 Å². The SMILES string of the molecule is CCOc1ccccc1NC(=O)CN(c1ccc(C(C)C)cc1)S(=O)(=O)c1ccc(C)cc1. The van der Waals surface area contributed by atoms with Crippen LogP contribution in [0.3, 0.4) is 0 Å². The summed E-state index contributed by atoms with van der Waals surface area (Å²) < 4.78 is 33.8. The largest absolute Gasteiger partial charge is 0.492 e. The molecule has 0 fully saturated rings. The van der Waals surface area contributed by atoms with Crippen LogP contribution in [0.1, 0.15) is 37.8 Å².